The molecule has 0 radical (unpaired) electrons. The summed E-state index contributed by atoms with van der Waals surface area (Å²) in [5, 5.41) is 3.02. The molecule has 1 N–H and O–H groups in total. The maximum absolute atomic E-state index is 11.0. The number of carbonyl (C=O) groups is 1. The van der Waals surface area contributed by atoms with Crippen molar-refractivity contribution in [3.05, 3.63) is 0 Å². The summed E-state index contributed by atoms with van der Waals surface area (Å²) in [6.45, 7) is 6.30. The van der Waals surface area contributed by atoms with E-state index in [4.69, 9.17) is 0 Å². The SMILES string of the molecule is CCC(=O)NC1CCC1(C)C. The van der Waals surface area contributed by atoms with Crippen LogP contribution in [0.1, 0.15) is 40.0 Å². The summed E-state index contributed by atoms with van der Waals surface area (Å²) in [6, 6.07) is 0.426. The highest BCUT2D eigenvalue weighted by Gasteiger charge is 2.38. The normalized spacial score (nSPS) is 27.4. The molecule has 0 bridgehead atoms. The molecule has 0 aliphatic heterocycles. The van der Waals surface area contributed by atoms with Gasteiger partial charge >= 0.3 is 0 Å². The summed E-state index contributed by atoms with van der Waals surface area (Å²) >= 11 is 0. The van der Waals surface area contributed by atoms with E-state index in [2.05, 4.69) is 19.2 Å². The summed E-state index contributed by atoms with van der Waals surface area (Å²) in [7, 11) is 0. The van der Waals surface area contributed by atoms with Crippen LogP contribution in [-0.2, 0) is 4.79 Å². The Labute approximate surface area is 68.4 Å². The molecule has 0 heterocycles. The zero-order valence-electron chi connectivity index (χ0n) is 7.61. The number of nitrogens with one attached hydrogen (secondary N) is 1. The average Bonchev–Trinajstić information content (AvgIpc) is 1.98. The standard InChI is InChI=1S/C9H17NO/c1-4-8(11)10-7-5-6-9(7,2)3/h7H,4-6H2,1-3H3,(H,10,11). The van der Waals surface area contributed by atoms with Crippen molar-refractivity contribution in [2.75, 3.05) is 0 Å². The van der Waals surface area contributed by atoms with Crippen molar-refractivity contribution >= 4 is 5.91 Å². The zero-order chi connectivity index (χ0) is 8.48. The summed E-state index contributed by atoms with van der Waals surface area (Å²) in [6.07, 6.45) is 2.99. The van der Waals surface area contributed by atoms with E-state index in [0.29, 0.717) is 17.9 Å². The first-order valence-corrected chi connectivity index (χ1v) is 4.35. The van der Waals surface area contributed by atoms with E-state index in [-0.39, 0.29) is 5.91 Å². The first-order chi connectivity index (χ1) is 5.06. The van der Waals surface area contributed by atoms with Crippen LogP contribution < -0.4 is 5.32 Å². The fourth-order valence-corrected chi connectivity index (χ4v) is 1.43. The summed E-state index contributed by atoms with van der Waals surface area (Å²) in [5.74, 6) is 0.183. The van der Waals surface area contributed by atoms with Crippen LogP contribution in [0.2, 0.25) is 0 Å². The van der Waals surface area contributed by atoms with Crippen LogP contribution in [0.15, 0.2) is 0 Å². The van der Waals surface area contributed by atoms with Gasteiger partial charge in [-0.3, -0.25) is 4.79 Å². The van der Waals surface area contributed by atoms with Gasteiger partial charge in [0.2, 0.25) is 5.91 Å². The first kappa shape index (κ1) is 8.57. The number of carbonyl (C=O) groups excluding carboxylic acids is 1. The molecule has 2 nitrogen and oxygen atoms in total. The van der Waals surface area contributed by atoms with Crippen molar-refractivity contribution in [1.29, 1.82) is 0 Å². The largest absolute Gasteiger partial charge is 0.353 e. The van der Waals surface area contributed by atoms with Crippen LogP contribution in [-0.4, -0.2) is 11.9 Å². The Morgan fingerprint density at radius 1 is 1.64 bits per heavy atom. The van der Waals surface area contributed by atoms with Crippen LogP contribution in [0.3, 0.4) is 0 Å². The second-order valence-electron chi connectivity index (χ2n) is 4.00. The lowest BCUT2D eigenvalue weighted by molar-refractivity contribution is -0.123. The Morgan fingerprint density at radius 3 is 2.55 bits per heavy atom. The molecule has 0 aromatic rings. The number of hydrogen-bond donors (Lipinski definition) is 1. The van der Waals surface area contributed by atoms with E-state index in [0.717, 1.165) is 6.42 Å². The van der Waals surface area contributed by atoms with E-state index >= 15 is 0 Å². The molecule has 0 aromatic carbocycles. The van der Waals surface area contributed by atoms with E-state index in [1.165, 1.54) is 6.42 Å². The predicted octanol–water partition coefficient (Wildman–Crippen LogP) is 1.70. The summed E-state index contributed by atoms with van der Waals surface area (Å²) in [4.78, 5) is 11.0. The van der Waals surface area contributed by atoms with Crippen molar-refractivity contribution in [3.63, 3.8) is 0 Å². The highest BCUT2D eigenvalue weighted by Crippen LogP contribution is 2.39. The van der Waals surface area contributed by atoms with Crippen molar-refractivity contribution < 1.29 is 4.79 Å². The summed E-state index contributed by atoms with van der Waals surface area (Å²) < 4.78 is 0. The van der Waals surface area contributed by atoms with Gasteiger partial charge in [-0.1, -0.05) is 20.8 Å². The molecule has 64 valence electrons. The van der Waals surface area contributed by atoms with Crippen LogP contribution in [0.5, 0.6) is 0 Å². The highest BCUT2D eigenvalue weighted by molar-refractivity contribution is 5.76. The van der Waals surface area contributed by atoms with Gasteiger partial charge in [0.05, 0.1) is 0 Å². The third-order valence-corrected chi connectivity index (χ3v) is 2.68. The minimum atomic E-state index is 0.183. The minimum absolute atomic E-state index is 0.183. The van der Waals surface area contributed by atoms with Gasteiger partial charge < -0.3 is 5.32 Å². The number of hydrogen-bond acceptors (Lipinski definition) is 1. The number of rotatable bonds is 2. The van der Waals surface area contributed by atoms with E-state index in [9.17, 15) is 4.79 Å². The van der Waals surface area contributed by atoms with Gasteiger partial charge in [0.15, 0.2) is 0 Å². The van der Waals surface area contributed by atoms with Crippen molar-refractivity contribution in [2.45, 2.75) is 46.1 Å². The maximum atomic E-state index is 11.0. The third kappa shape index (κ3) is 1.73. The van der Waals surface area contributed by atoms with Crippen LogP contribution in [0, 0.1) is 5.41 Å². The van der Waals surface area contributed by atoms with Crippen LogP contribution in [0.25, 0.3) is 0 Å². The molecule has 0 spiro atoms. The summed E-state index contributed by atoms with van der Waals surface area (Å²) in [5.41, 5.74) is 0.338. The molecule has 0 aromatic heterocycles. The second-order valence-corrected chi connectivity index (χ2v) is 4.00. The lowest BCUT2D eigenvalue weighted by atomic mass is 9.67. The predicted molar refractivity (Wildman–Crippen MR) is 45.2 cm³/mol. The molecule has 11 heavy (non-hydrogen) atoms. The topological polar surface area (TPSA) is 29.1 Å². The van der Waals surface area contributed by atoms with E-state index in [1.807, 2.05) is 6.92 Å². The maximum Gasteiger partial charge on any atom is 0.219 e. The molecule has 1 rings (SSSR count). The van der Waals surface area contributed by atoms with Gasteiger partial charge in [0.1, 0.15) is 0 Å². The average molecular weight is 155 g/mol. The van der Waals surface area contributed by atoms with Crippen molar-refractivity contribution in [1.82, 2.24) is 5.32 Å². The van der Waals surface area contributed by atoms with Crippen LogP contribution in [0.4, 0.5) is 0 Å². The van der Waals surface area contributed by atoms with Crippen LogP contribution >= 0.6 is 0 Å². The lowest BCUT2D eigenvalue weighted by Crippen LogP contribution is -2.51. The fraction of sp³-hybridized carbons (Fsp3) is 0.889. The monoisotopic (exact) mass is 155 g/mol. The quantitative estimate of drug-likeness (QED) is 0.646. The second kappa shape index (κ2) is 2.84. The smallest absolute Gasteiger partial charge is 0.219 e. The molecule has 1 atom stereocenters. The molecule has 1 fully saturated rings. The molecular weight excluding hydrogens is 138 g/mol. The Bertz CT molecular complexity index is 163. The molecular formula is C9H17NO. The number of amides is 1. The molecule has 0 saturated heterocycles. The van der Waals surface area contributed by atoms with Gasteiger partial charge in [-0.15, -0.1) is 0 Å². The molecule has 1 saturated carbocycles. The molecule has 1 aliphatic carbocycles. The van der Waals surface area contributed by atoms with Gasteiger partial charge in [0, 0.05) is 12.5 Å². The van der Waals surface area contributed by atoms with Gasteiger partial charge in [0.25, 0.3) is 0 Å². The van der Waals surface area contributed by atoms with Gasteiger partial charge in [-0.2, -0.15) is 0 Å². The molecule has 2 heteroatoms. The lowest BCUT2D eigenvalue weighted by Gasteiger charge is -2.44. The Kier molecular flexibility index (Phi) is 2.21. The van der Waals surface area contributed by atoms with E-state index in [1.54, 1.807) is 0 Å². The molecule has 1 unspecified atom stereocenters. The van der Waals surface area contributed by atoms with Crippen molar-refractivity contribution in [3.8, 4) is 0 Å². The minimum Gasteiger partial charge on any atom is -0.353 e. The first-order valence-electron chi connectivity index (χ1n) is 4.35. The van der Waals surface area contributed by atoms with Gasteiger partial charge in [-0.25, -0.2) is 0 Å². The Hall–Kier alpha value is -0.530. The Morgan fingerprint density at radius 2 is 2.27 bits per heavy atom. The molecule has 1 aliphatic rings. The van der Waals surface area contributed by atoms with Gasteiger partial charge in [-0.05, 0) is 18.3 Å². The fourth-order valence-electron chi connectivity index (χ4n) is 1.43. The zero-order valence-corrected chi connectivity index (χ0v) is 7.61. The molecule has 1 amide bonds. The third-order valence-electron chi connectivity index (χ3n) is 2.68. The highest BCUT2D eigenvalue weighted by atomic mass is 16.1. The van der Waals surface area contributed by atoms with Crippen molar-refractivity contribution in [2.24, 2.45) is 5.41 Å². The Balaban J connectivity index is 2.34. The van der Waals surface area contributed by atoms with E-state index < -0.39 is 0 Å².